The Balaban J connectivity index is 1.94. The maximum Gasteiger partial charge on any atom is 0.431 e. The first-order valence-corrected chi connectivity index (χ1v) is 11.8. The Bertz CT molecular complexity index is 1420. The van der Waals surface area contributed by atoms with Crippen molar-refractivity contribution in [2.45, 2.75) is 38.6 Å². The number of anilines is 1. The number of benzene rings is 1. The summed E-state index contributed by atoms with van der Waals surface area (Å²) in [6.07, 6.45) is -15.9. The normalized spacial score (nSPS) is 16.2. The van der Waals surface area contributed by atoms with Crippen LogP contribution in [0.2, 0.25) is 0 Å². The molecule has 0 saturated carbocycles. The minimum atomic E-state index is -5.08. The fourth-order valence-electron chi connectivity index (χ4n) is 4.46. The number of aliphatic hydroxyl groups excluding tert-OH is 1. The van der Waals surface area contributed by atoms with Crippen molar-refractivity contribution in [3.8, 4) is 22.8 Å². The van der Waals surface area contributed by atoms with Crippen molar-refractivity contribution >= 4 is 11.8 Å². The molecule has 0 spiro atoms. The Hall–Kier alpha value is -3.75. The highest BCUT2D eigenvalue weighted by molar-refractivity contribution is 5.76. The van der Waals surface area contributed by atoms with E-state index in [0.29, 0.717) is 18.7 Å². The Morgan fingerprint density at radius 1 is 0.875 bits per heavy atom. The number of imidazole rings is 1. The molecule has 1 aliphatic heterocycles. The summed E-state index contributed by atoms with van der Waals surface area (Å²) in [4.78, 5) is 9.25. The highest BCUT2D eigenvalue weighted by Gasteiger charge is 2.44. The molecule has 15 heteroatoms. The van der Waals surface area contributed by atoms with Crippen molar-refractivity contribution in [2.75, 3.05) is 18.4 Å². The van der Waals surface area contributed by atoms with E-state index in [1.165, 1.54) is 30.7 Å². The van der Waals surface area contributed by atoms with E-state index in [4.69, 9.17) is 0 Å². The van der Waals surface area contributed by atoms with Gasteiger partial charge in [0.05, 0.1) is 33.9 Å². The van der Waals surface area contributed by atoms with E-state index in [-0.39, 0.29) is 46.9 Å². The Morgan fingerprint density at radius 3 is 1.98 bits per heavy atom. The molecule has 0 fully saturated rings. The molecule has 1 unspecified atom stereocenters. The average molecular weight is 579 g/mol. The van der Waals surface area contributed by atoms with Crippen LogP contribution in [0, 0.1) is 0 Å². The molecule has 216 valence electrons. The first-order chi connectivity index (χ1) is 18.5. The average Bonchev–Trinajstić information content (AvgIpc) is 3.19. The second-order valence-corrected chi connectivity index (χ2v) is 8.87. The number of aliphatic hydroxyl groups is 1. The standard InChI is InChI=1S/C25H22F9N5O/c1-4-35-16-7-6-15(12-8-13(23(26,27)28)10-14(9-12)24(29,30)31)36-19(16)21-37-17-11-18(25(32,33)34)39(5-2)22(40)20(17)38(21)3/h6-11,22,35,40H,4-5H2,1-3H3. The lowest BCUT2D eigenvalue weighted by Crippen LogP contribution is -2.38. The molecule has 2 N–H and O–H groups in total. The Kier molecular flexibility index (Phi) is 7.32. The second kappa shape index (κ2) is 10.0. The molecular formula is C25H22F9N5O. The molecular weight excluding hydrogens is 557 g/mol. The molecule has 40 heavy (non-hydrogen) atoms. The summed E-state index contributed by atoms with van der Waals surface area (Å²) in [6.45, 7) is 3.26. The molecule has 3 aromatic rings. The lowest BCUT2D eigenvalue weighted by molar-refractivity contribution is -0.143. The number of pyridine rings is 1. The van der Waals surface area contributed by atoms with Gasteiger partial charge in [-0.05, 0) is 50.3 Å². The van der Waals surface area contributed by atoms with Gasteiger partial charge in [-0.15, -0.1) is 0 Å². The quantitative estimate of drug-likeness (QED) is 0.324. The van der Waals surface area contributed by atoms with Crippen LogP contribution < -0.4 is 5.32 Å². The lowest BCUT2D eigenvalue weighted by Gasteiger charge is -2.35. The minimum absolute atomic E-state index is 0.00192. The van der Waals surface area contributed by atoms with Gasteiger partial charge >= 0.3 is 18.5 Å². The van der Waals surface area contributed by atoms with Crippen molar-refractivity contribution in [1.29, 1.82) is 0 Å². The van der Waals surface area contributed by atoms with Gasteiger partial charge in [0.1, 0.15) is 11.4 Å². The van der Waals surface area contributed by atoms with Gasteiger partial charge in [0.15, 0.2) is 12.1 Å². The summed E-state index contributed by atoms with van der Waals surface area (Å²) in [6, 6.07) is 3.64. The highest BCUT2D eigenvalue weighted by atomic mass is 19.4. The number of fused-ring (bicyclic) bond motifs is 1. The smallest absolute Gasteiger partial charge is 0.383 e. The lowest BCUT2D eigenvalue weighted by atomic mass is 10.0. The van der Waals surface area contributed by atoms with Crippen LogP contribution in [0.3, 0.4) is 0 Å². The summed E-state index contributed by atoms with van der Waals surface area (Å²) in [7, 11) is 1.40. The molecule has 3 heterocycles. The van der Waals surface area contributed by atoms with Gasteiger partial charge in [0, 0.05) is 25.7 Å². The van der Waals surface area contributed by atoms with E-state index >= 15 is 0 Å². The maximum absolute atomic E-state index is 13.7. The zero-order valence-corrected chi connectivity index (χ0v) is 21.1. The highest BCUT2D eigenvalue weighted by Crippen LogP contribution is 2.43. The number of nitrogens with one attached hydrogen (secondary N) is 1. The van der Waals surface area contributed by atoms with Crippen molar-refractivity contribution < 1.29 is 44.6 Å². The van der Waals surface area contributed by atoms with Gasteiger partial charge in [-0.25, -0.2) is 9.97 Å². The molecule has 2 aromatic heterocycles. The van der Waals surface area contributed by atoms with Crippen LogP contribution in [0.1, 0.15) is 42.6 Å². The van der Waals surface area contributed by atoms with Crippen LogP contribution in [-0.4, -0.2) is 43.8 Å². The molecule has 6 nitrogen and oxygen atoms in total. The first-order valence-electron chi connectivity index (χ1n) is 11.8. The second-order valence-electron chi connectivity index (χ2n) is 8.87. The molecule has 1 atom stereocenters. The molecule has 0 aliphatic carbocycles. The minimum Gasteiger partial charge on any atom is -0.383 e. The summed E-state index contributed by atoms with van der Waals surface area (Å²) in [5.41, 5.74) is -4.95. The predicted molar refractivity (Wildman–Crippen MR) is 127 cm³/mol. The van der Waals surface area contributed by atoms with Gasteiger partial charge < -0.3 is 19.9 Å². The summed E-state index contributed by atoms with van der Waals surface area (Å²) in [5, 5.41) is 13.7. The summed E-state index contributed by atoms with van der Waals surface area (Å²) in [5.74, 6) is -0.0689. The van der Waals surface area contributed by atoms with Crippen molar-refractivity contribution in [2.24, 2.45) is 7.05 Å². The van der Waals surface area contributed by atoms with Gasteiger partial charge in [-0.1, -0.05) is 0 Å². The summed E-state index contributed by atoms with van der Waals surface area (Å²) >= 11 is 0. The number of rotatable bonds is 5. The third-order valence-electron chi connectivity index (χ3n) is 6.28. The molecule has 1 aromatic carbocycles. The van der Waals surface area contributed by atoms with E-state index < -0.39 is 47.1 Å². The van der Waals surface area contributed by atoms with Gasteiger partial charge in [0.25, 0.3) is 0 Å². The first kappa shape index (κ1) is 29.2. The molecule has 0 amide bonds. The number of hydrogen-bond donors (Lipinski definition) is 2. The molecule has 1 aliphatic rings. The summed E-state index contributed by atoms with van der Waals surface area (Å²) < 4.78 is 123. The van der Waals surface area contributed by atoms with E-state index in [1.54, 1.807) is 6.92 Å². The number of aromatic nitrogens is 3. The maximum atomic E-state index is 13.7. The van der Waals surface area contributed by atoms with E-state index in [2.05, 4.69) is 15.3 Å². The predicted octanol–water partition coefficient (Wildman–Crippen LogP) is 6.85. The number of halogens is 9. The number of hydrogen-bond acceptors (Lipinski definition) is 5. The number of allylic oxidation sites excluding steroid dienone is 1. The van der Waals surface area contributed by atoms with Crippen molar-refractivity contribution in [3.63, 3.8) is 0 Å². The van der Waals surface area contributed by atoms with Gasteiger partial charge in [-0.3, -0.25) is 0 Å². The topological polar surface area (TPSA) is 66.2 Å². The van der Waals surface area contributed by atoms with Gasteiger partial charge in [-0.2, -0.15) is 39.5 Å². The van der Waals surface area contributed by atoms with Crippen molar-refractivity contribution in [1.82, 2.24) is 19.4 Å². The third-order valence-corrected chi connectivity index (χ3v) is 6.28. The van der Waals surface area contributed by atoms with E-state index in [9.17, 15) is 44.6 Å². The number of nitrogens with zero attached hydrogens (tertiary/aromatic N) is 4. The van der Waals surface area contributed by atoms with Gasteiger partial charge in [0.2, 0.25) is 0 Å². The van der Waals surface area contributed by atoms with Crippen LogP contribution >= 0.6 is 0 Å². The molecule has 0 bridgehead atoms. The molecule has 4 rings (SSSR count). The van der Waals surface area contributed by atoms with Crippen molar-refractivity contribution in [3.05, 3.63) is 58.5 Å². The van der Waals surface area contributed by atoms with E-state index in [0.717, 1.165) is 11.0 Å². The fraction of sp³-hybridized carbons (Fsp3) is 0.360. The molecule has 0 saturated heterocycles. The molecule has 0 radical (unpaired) electrons. The number of alkyl halides is 9. The Labute approximate surface area is 221 Å². The monoisotopic (exact) mass is 579 g/mol. The largest absolute Gasteiger partial charge is 0.431 e. The van der Waals surface area contributed by atoms with E-state index in [1.807, 2.05) is 0 Å². The zero-order valence-electron chi connectivity index (χ0n) is 21.1. The zero-order chi connectivity index (χ0) is 29.8. The van der Waals surface area contributed by atoms with Crippen LogP contribution in [0.4, 0.5) is 45.2 Å². The Morgan fingerprint density at radius 2 is 1.48 bits per heavy atom. The van der Waals surface area contributed by atoms with Crippen LogP contribution in [0.5, 0.6) is 0 Å². The fourth-order valence-corrected chi connectivity index (χ4v) is 4.46. The van der Waals surface area contributed by atoms with Crippen LogP contribution in [0.25, 0.3) is 28.9 Å². The SMILES string of the molecule is CCNc1ccc(-c2cc(C(F)(F)F)cc(C(F)(F)F)c2)nc1-c1nc2c(n1C)C(O)N(CC)C(C(F)(F)F)=C2. The third kappa shape index (κ3) is 5.33. The van der Waals surface area contributed by atoms with Crippen LogP contribution in [0.15, 0.2) is 36.0 Å². The van der Waals surface area contributed by atoms with Crippen LogP contribution in [-0.2, 0) is 19.4 Å².